The van der Waals surface area contributed by atoms with Crippen molar-refractivity contribution in [2.24, 2.45) is 4.99 Å². The molecule has 0 fully saturated rings. The minimum absolute atomic E-state index is 0.638. The van der Waals surface area contributed by atoms with Crippen molar-refractivity contribution < 1.29 is 4.74 Å². The van der Waals surface area contributed by atoms with Gasteiger partial charge in [-0.1, -0.05) is 48.7 Å². The molecule has 1 heterocycles. The molecule has 2 aromatic rings. The lowest BCUT2D eigenvalue weighted by atomic mass is 9.94. The second-order valence-corrected chi connectivity index (χ2v) is 7.34. The second-order valence-electron chi connectivity index (χ2n) is 6.49. The minimum Gasteiger partial charge on any atom is -0.493 e. The number of unbranched alkanes of at least 4 members (excludes halogenated alkanes) is 1. The molecule has 4 heteroatoms. The van der Waals surface area contributed by atoms with Crippen LogP contribution in [0, 0.1) is 6.92 Å². The summed E-state index contributed by atoms with van der Waals surface area (Å²) in [6, 6.07) is 9.87. The summed E-state index contributed by atoms with van der Waals surface area (Å²) in [6.07, 6.45) is 7.18. The third kappa shape index (κ3) is 4.49. The maximum Gasteiger partial charge on any atom is 0.122 e. The van der Waals surface area contributed by atoms with Crippen molar-refractivity contribution in [1.29, 1.82) is 0 Å². The summed E-state index contributed by atoms with van der Waals surface area (Å²) in [5, 5.41) is 1.28. The number of ether oxygens (including phenoxy) is 1. The second kappa shape index (κ2) is 8.75. The Hall–Kier alpha value is -1.77. The van der Waals surface area contributed by atoms with Gasteiger partial charge in [-0.3, -0.25) is 4.99 Å². The van der Waals surface area contributed by atoms with Crippen LogP contribution in [0.5, 0.6) is 5.75 Å². The number of hydrogen-bond donors (Lipinski definition) is 0. The first-order chi connectivity index (χ1) is 12.6. The topological polar surface area (TPSA) is 21.6 Å². The first-order valence-electron chi connectivity index (χ1n) is 9.02. The van der Waals surface area contributed by atoms with Gasteiger partial charge in [-0.2, -0.15) is 0 Å². The van der Waals surface area contributed by atoms with Crippen molar-refractivity contribution in [3.63, 3.8) is 0 Å². The molecule has 0 aliphatic carbocycles. The van der Waals surface area contributed by atoms with Gasteiger partial charge < -0.3 is 4.74 Å². The standard InChI is InChI=1S/C22H23Cl2NO/c1-3-4-11-26-22-13-17-9-10-25-21(19(17)12-15(22)2)8-6-16-5-7-18(23)14-20(16)24/h5-8,12-14H,3-4,9-11H2,1-2H3. The molecule has 26 heavy (non-hydrogen) atoms. The number of aryl methyl sites for hydroxylation is 1. The van der Waals surface area contributed by atoms with E-state index in [1.54, 1.807) is 6.07 Å². The van der Waals surface area contributed by atoms with Gasteiger partial charge in [-0.15, -0.1) is 0 Å². The molecule has 0 saturated heterocycles. The van der Waals surface area contributed by atoms with Crippen LogP contribution < -0.4 is 4.74 Å². The third-order valence-corrected chi connectivity index (χ3v) is 5.04. The first-order valence-corrected chi connectivity index (χ1v) is 9.78. The molecule has 0 amide bonds. The van der Waals surface area contributed by atoms with Gasteiger partial charge >= 0.3 is 0 Å². The van der Waals surface area contributed by atoms with Crippen LogP contribution in [0.25, 0.3) is 6.08 Å². The summed E-state index contributed by atoms with van der Waals surface area (Å²) in [5.41, 5.74) is 5.53. The van der Waals surface area contributed by atoms with Crippen LogP contribution in [0.15, 0.2) is 41.4 Å². The lowest BCUT2D eigenvalue weighted by Gasteiger charge is -2.18. The van der Waals surface area contributed by atoms with Crippen LogP contribution >= 0.6 is 23.2 Å². The number of rotatable bonds is 6. The zero-order valence-corrected chi connectivity index (χ0v) is 16.7. The SMILES string of the molecule is CCCCOc1cc2c(cc1C)C(C=Cc1ccc(Cl)cc1Cl)=NCC2. The van der Waals surface area contributed by atoms with Gasteiger partial charge in [-0.05, 0) is 66.8 Å². The van der Waals surface area contributed by atoms with Crippen LogP contribution in [-0.4, -0.2) is 18.9 Å². The summed E-state index contributed by atoms with van der Waals surface area (Å²) in [4.78, 5) is 4.70. The highest BCUT2D eigenvalue weighted by atomic mass is 35.5. The number of aliphatic imine (C=N–C) groups is 1. The van der Waals surface area contributed by atoms with Crippen molar-refractivity contribution in [2.75, 3.05) is 13.2 Å². The average molecular weight is 388 g/mol. The highest BCUT2D eigenvalue weighted by Crippen LogP contribution is 2.28. The molecular formula is C22H23Cl2NO. The fourth-order valence-electron chi connectivity index (χ4n) is 2.99. The van der Waals surface area contributed by atoms with Gasteiger partial charge in [0.05, 0.1) is 12.3 Å². The summed E-state index contributed by atoms with van der Waals surface area (Å²) in [6.45, 7) is 5.82. The predicted molar refractivity (Wildman–Crippen MR) is 112 cm³/mol. The van der Waals surface area contributed by atoms with Crippen LogP contribution in [0.1, 0.15) is 42.0 Å². The Morgan fingerprint density at radius 3 is 2.77 bits per heavy atom. The van der Waals surface area contributed by atoms with E-state index in [-0.39, 0.29) is 0 Å². The van der Waals surface area contributed by atoms with E-state index in [4.69, 9.17) is 32.9 Å². The largest absolute Gasteiger partial charge is 0.493 e. The van der Waals surface area contributed by atoms with Crippen LogP contribution in [-0.2, 0) is 6.42 Å². The number of hydrogen-bond acceptors (Lipinski definition) is 2. The number of halogens is 2. The Bertz CT molecular complexity index is 855. The lowest BCUT2D eigenvalue weighted by Crippen LogP contribution is -2.12. The van der Waals surface area contributed by atoms with Gasteiger partial charge in [0, 0.05) is 22.2 Å². The predicted octanol–water partition coefficient (Wildman–Crippen LogP) is 6.54. The molecule has 136 valence electrons. The minimum atomic E-state index is 0.638. The van der Waals surface area contributed by atoms with Crippen LogP contribution in [0.3, 0.4) is 0 Å². The van der Waals surface area contributed by atoms with E-state index >= 15 is 0 Å². The number of allylic oxidation sites excluding steroid dienone is 1. The van der Waals surface area contributed by atoms with Crippen LogP contribution in [0.2, 0.25) is 10.0 Å². The van der Waals surface area contributed by atoms with Crippen molar-refractivity contribution in [3.05, 3.63) is 68.7 Å². The third-order valence-electron chi connectivity index (χ3n) is 4.48. The van der Waals surface area contributed by atoms with E-state index in [1.165, 1.54) is 11.1 Å². The molecule has 2 nitrogen and oxygen atoms in total. The fraction of sp³-hybridized carbons (Fsp3) is 0.318. The van der Waals surface area contributed by atoms with E-state index in [0.717, 1.165) is 55.0 Å². The van der Waals surface area contributed by atoms with Crippen LogP contribution in [0.4, 0.5) is 0 Å². The molecule has 0 aromatic heterocycles. The Morgan fingerprint density at radius 2 is 2.00 bits per heavy atom. The van der Waals surface area contributed by atoms with E-state index in [2.05, 4.69) is 26.0 Å². The van der Waals surface area contributed by atoms with Crippen molar-refractivity contribution in [1.82, 2.24) is 0 Å². The highest BCUT2D eigenvalue weighted by molar-refractivity contribution is 6.35. The zero-order valence-electron chi connectivity index (χ0n) is 15.2. The quantitative estimate of drug-likeness (QED) is 0.515. The van der Waals surface area contributed by atoms with E-state index < -0.39 is 0 Å². The van der Waals surface area contributed by atoms with Gasteiger partial charge in [0.2, 0.25) is 0 Å². The molecule has 0 N–H and O–H groups in total. The maximum atomic E-state index is 6.26. The summed E-state index contributed by atoms with van der Waals surface area (Å²) < 4.78 is 5.95. The fourth-order valence-corrected chi connectivity index (χ4v) is 3.46. The molecule has 0 atom stereocenters. The Kier molecular flexibility index (Phi) is 6.39. The summed E-state index contributed by atoms with van der Waals surface area (Å²) in [5.74, 6) is 0.989. The molecule has 0 unspecified atom stereocenters. The van der Waals surface area contributed by atoms with E-state index in [9.17, 15) is 0 Å². The number of fused-ring (bicyclic) bond motifs is 1. The molecule has 3 rings (SSSR count). The molecule has 1 aliphatic rings. The van der Waals surface area contributed by atoms with Crippen molar-refractivity contribution in [2.45, 2.75) is 33.1 Å². The first kappa shape index (κ1) is 19.0. The van der Waals surface area contributed by atoms with E-state index in [1.807, 2.05) is 24.3 Å². The maximum absolute atomic E-state index is 6.26. The zero-order chi connectivity index (χ0) is 18.5. The highest BCUT2D eigenvalue weighted by Gasteiger charge is 2.15. The molecule has 0 spiro atoms. The van der Waals surface area contributed by atoms with Crippen molar-refractivity contribution >= 4 is 35.0 Å². The summed E-state index contributed by atoms with van der Waals surface area (Å²) >= 11 is 12.2. The molecule has 0 bridgehead atoms. The molecular weight excluding hydrogens is 365 g/mol. The normalized spacial score (nSPS) is 13.6. The van der Waals surface area contributed by atoms with Crippen molar-refractivity contribution in [3.8, 4) is 5.75 Å². The molecule has 0 radical (unpaired) electrons. The molecule has 0 saturated carbocycles. The van der Waals surface area contributed by atoms with Gasteiger partial charge in [0.1, 0.15) is 5.75 Å². The number of nitrogens with zero attached hydrogens (tertiary/aromatic N) is 1. The van der Waals surface area contributed by atoms with Gasteiger partial charge in [0.15, 0.2) is 0 Å². The van der Waals surface area contributed by atoms with E-state index in [0.29, 0.717) is 10.0 Å². The van der Waals surface area contributed by atoms with Gasteiger partial charge in [-0.25, -0.2) is 0 Å². The molecule has 1 aliphatic heterocycles. The average Bonchev–Trinajstić information content (AvgIpc) is 2.62. The monoisotopic (exact) mass is 387 g/mol. The Labute approximate surface area is 165 Å². The Morgan fingerprint density at radius 1 is 1.15 bits per heavy atom. The number of benzene rings is 2. The summed E-state index contributed by atoms with van der Waals surface area (Å²) in [7, 11) is 0. The smallest absolute Gasteiger partial charge is 0.122 e. The van der Waals surface area contributed by atoms with Gasteiger partial charge in [0.25, 0.3) is 0 Å². The Balaban J connectivity index is 1.84. The molecule has 2 aromatic carbocycles. The lowest BCUT2D eigenvalue weighted by molar-refractivity contribution is 0.307.